The fourth-order valence-corrected chi connectivity index (χ4v) is 3.32. The van der Waals surface area contributed by atoms with Crippen molar-refractivity contribution in [1.29, 1.82) is 0 Å². The Kier molecular flexibility index (Phi) is 6.05. The normalized spacial score (nSPS) is 11.1. The standard InChI is InChI=1S/C19H18N4O5S/c1-2-28-19(25)14-8-10-16(11-9-14)29(26,27)22-21-18(24)17-12-20-13-23(17)15-6-4-3-5-7-15/h3-13,22H,2H2,1H3,(H,21,24). The molecule has 0 aliphatic heterocycles. The van der Waals surface area contributed by atoms with E-state index in [-0.39, 0.29) is 22.8 Å². The van der Waals surface area contributed by atoms with Crippen LogP contribution in [0.3, 0.4) is 0 Å². The van der Waals surface area contributed by atoms with E-state index < -0.39 is 21.9 Å². The van der Waals surface area contributed by atoms with Crippen LogP contribution in [-0.2, 0) is 14.8 Å². The van der Waals surface area contributed by atoms with E-state index in [0.717, 1.165) is 0 Å². The van der Waals surface area contributed by atoms with Crippen molar-refractivity contribution in [3.8, 4) is 5.69 Å². The number of benzene rings is 2. The van der Waals surface area contributed by atoms with Gasteiger partial charge in [-0.05, 0) is 43.3 Å². The molecule has 2 N–H and O–H groups in total. The highest BCUT2D eigenvalue weighted by molar-refractivity contribution is 7.89. The van der Waals surface area contributed by atoms with Crippen LogP contribution in [0.15, 0.2) is 72.0 Å². The lowest BCUT2D eigenvalue weighted by atomic mass is 10.2. The van der Waals surface area contributed by atoms with Gasteiger partial charge in [0.2, 0.25) is 0 Å². The molecule has 0 aliphatic carbocycles. The summed E-state index contributed by atoms with van der Waals surface area (Å²) >= 11 is 0. The molecule has 0 spiro atoms. The van der Waals surface area contributed by atoms with Gasteiger partial charge in [-0.3, -0.25) is 14.8 Å². The summed E-state index contributed by atoms with van der Waals surface area (Å²) < 4.78 is 31.2. The lowest BCUT2D eigenvalue weighted by Crippen LogP contribution is -2.42. The number of esters is 1. The van der Waals surface area contributed by atoms with Crippen LogP contribution < -0.4 is 10.3 Å². The quantitative estimate of drug-likeness (QED) is 0.448. The number of hydrazine groups is 1. The molecular weight excluding hydrogens is 396 g/mol. The maximum Gasteiger partial charge on any atom is 0.338 e. The number of rotatable bonds is 7. The molecule has 0 saturated heterocycles. The molecule has 0 aliphatic rings. The summed E-state index contributed by atoms with van der Waals surface area (Å²) in [6.07, 6.45) is 2.78. The third kappa shape index (κ3) is 4.68. The van der Waals surface area contributed by atoms with Crippen LogP contribution in [0.1, 0.15) is 27.8 Å². The first-order valence-electron chi connectivity index (χ1n) is 8.59. The fraction of sp³-hybridized carbons (Fsp3) is 0.105. The van der Waals surface area contributed by atoms with E-state index in [2.05, 4.69) is 10.4 Å². The second-order valence-corrected chi connectivity index (χ2v) is 7.47. The van der Waals surface area contributed by atoms with Crippen molar-refractivity contribution in [2.24, 2.45) is 0 Å². The summed E-state index contributed by atoms with van der Waals surface area (Å²) in [5.74, 6) is -1.23. The second kappa shape index (κ2) is 8.67. The maximum atomic E-state index is 12.4. The van der Waals surface area contributed by atoms with Gasteiger partial charge < -0.3 is 4.74 Å². The van der Waals surface area contributed by atoms with Crippen molar-refractivity contribution in [2.45, 2.75) is 11.8 Å². The summed E-state index contributed by atoms with van der Waals surface area (Å²) in [4.78, 5) is 29.9. The minimum Gasteiger partial charge on any atom is -0.462 e. The summed E-state index contributed by atoms with van der Waals surface area (Å²) in [6.45, 7) is 1.89. The fourth-order valence-electron chi connectivity index (χ4n) is 2.48. The number of nitrogens with zero attached hydrogens (tertiary/aromatic N) is 2. The minimum atomic E-state index is -4.04. The third-order valence-electron chi connectivity index (χ3n) is 3.88. The topological polar surface area (TPSA) is 119 Å². The summed E-state index contributed by atoms with van der Waals surface area (Å²) in [5.41, 5.74) is 3.24. The Morgan fingerprint density at radius 2 is 1.76 bits per heavy atom. The second-order valence-electron chi connectivity index (χ2n) is 5.79. The van der Waals surface area contributed by atoms with Gasteiger partial charge in [-0.2, -0.15) is 0 Å². The molecule has 0 atom stereocenters. The zero-order valence-corrected chi connectivity index (χ0v) is 16.2. The van der Waals surface area contributed by atoms with E-state index >= 15 is 0 Å². The van der Waals surface area contributed by atoms with Gasteiger partial charge in [0.15, 0.2) is 0 Å². The SMILES string of the molecule is CCOC(=O)c1ccc(S(=O)(=O)NNC(=O)c2cncn2-c2ccccc2)cc1. The first-order chi connectivity index (χ1) is 13.9. The highest BCUT2D eigenvalue weighted by atomic mass is 32.2. The Bertz CT molecular complexity index is 1110. The summed E-state index contributed by atoms with van der Waals surface area (Å²) in [5, 5.41) is 0. The number of hydrogen-bond acceptors (Lipinski definition) is 6. The molecule has 3 rings (SSSR count). The molecule has 3 aromatic rings. The molecule has 1 aromatic heterocycles. The predicted molar refractivity (Wildman–Crippen MR) is 104 cm³/mol. The number of aromatic nitrogens is 2. The number of carbonyl (C=O) groups excluding carboxylic acids is 2. The van der Waals surface area contributed by atoms with Crippen LogP contribution in [0, 0.1) is 0 Å². The Morgan fingerprint density at radius 3 is 2.41 bits per heavy atom. The van der Waals surface area contributed by atoms with E-state index in [1.807, 2.05) is 10.9 Å². The number of nitrogens with one attached hydrogen (secondary N) is 2. The minimum absolute atomic E-state index is 0.123. The van der Waals surface area contributed by atoms with Gasteiger partial charge in [-0.1, -0.05) is 18.2 Å². The van der Waals surface area contributed by atoms with Crippen molar-refractivity contribution < 1.29 is 22.7 Å². The number of ether oxygens (including phenoxy) is 1. The van der Waals surface area contributed by atoms with Gasteiger partial charge in [0.1, 0.15) is 5.69 Å². The van der Waals surface area contributed by atoms with E-state index in [9.17, 15) is 18.0 Å². The Morgan fingerprint density at radius 1 is 1.07 bits per heavy atom. The van der Waals surface area contributed by atoms with Crippen molar-refractivity contribution in [1.82, 2.24) is 19.8 Å². The number of hydrogen-bond donors (Lipinski definition) is 2. The molecule has 0 fully saturated rings. The van der Waals surface area contributed by atoms with Crippen molar-refractivity contribution >= 4 is 21.9 Å². The zero-order chi connectivity index (χ0) is 20.9. The van der Waals surface area contributed by atoms with Gasteiger partial charge in [0.25, 0.3) is 15.9 Å². The average molecular weight is 414 g/mol. The van der Waals surface area contributed by atoms with Crippen molar-refractivity contribution in [2.75, 3.05) is 6.61 Å². The Hall–Kier alpha value is -3.50. The van der Waals surface area contributed by atoms with E-state index in [1.54, 1.807) is 31.2 Å². The third-order valence-corrected chi connectivity index (χ3v) is 5.14. The van der Waals surface area contributed by atoms with Gasteiger partial charge in [-0.25, -0.2) is 18.2 Å². The van der Waals surface area contributed by atoms with Gasteiger partial charge in [-0.15, -0.1) is 4.83 Å². The summed E-state index contributed by atoms with van der Waals surface area (Å²) in [6, 6.07) is 14.2. The van der Waals surface area contributed by atoms with Crippen molar-refractivity contribution in [3.63, 3.8) is 0 Å². The molecule has 9 nitrogen and oxygen atoms in total. The van der Waals surface area contributed by atoms with Crippen LogP contribution >= 0.6 is 0 Å². The molecule has 1 amide bonds. The average Bonchev–Trinajstić information content (AvgIpc) is 3.23. The monoisotopic (exact) mass is 414 g/mol. The van der Waals surface area contributed by atoms with Gasteiger partial charge in [0.05, 0.1) is 29.6 Å². The van der Waals surface area contributed by atoms with E-state index in [4.69, 9.17) is 4.74 Å². The van der Waals surface area contributed by atoms with Crippen LogP contribution in [0.25, 0.3) is 5.69 Å². The highest BCUT2D eigenvalue weighted by Crippen LogP contribution is 2.12. The molecule has 150 valence electrons. The number of carbonyl (C=O) groups is 2. The Balaban J connectivity index is 1.70. The molecule has 1 heterocycles. The Labute approximate surface area is 167 Å². The smallest absolute Gasteiger partial charge is 0.338 e. The first kappa shape index (κ1) is 20.2. The molecule has 0 bridgehead atoms. The molecule has 0 radical (unpaired) electrons. The number of amides is 1. The van der Waals surface area contributed by atoms with Crippen LogP contribution in [0.5, 0.6) is 0 Å². The van der Waals surface area contributed by atoms with E-state index in [0.29, 0.717) is 5.69 Å². The zero-order valence-electron chi connectivity index (χ0n) is 15.4. The molecule has 29 heavy (non-hydrogen) atoms. The van der Waals surface area contributed by atoms with Gasteiger partial charge in [0, 0.05) is 5.69 Å². The molecule has 0 unspecified atom stereocenters. The van der Waals surface area contributed by atoms with Crippen LogP contribution in [0.4, 0.5) is 0 Å². The lowest BCUT2D eigenvalue weighted by molar-refractivity contribution is 0.0526. The summed E-state index contributed by atoms with van der Waals surface area (Å²) in [7, 11) is -4.04. The first-order valence-corrected chi connectivity index (χ1v) is 10.1. The lowest BCUT2D eigenvalue weighted by Gasteiger charge is -2.11. The van der Waals surface area contributed by atoms with Crippen LogP contribution in [0.2, 0.25) is 0 Å². The van der Waals surface area contributed by atoms with Crippen LogP contribution in [-0.4, -0.2) is 36.5 Å². The number of imidazole rings is 1. The van der Waals surface area contributed by atoms with Crippen molar-refractivity contribution in [3.05, 3.63) is 78.4 Å². The van der Waals surface area contributed by atoms with E-state index in [1.165, 1.54) is 41.4 Å². The van der Waals surface area contributed by atoms with Gasteiger partial charge >= 0.3 is 5.97 Å². The molecular formula is C19H18N4O5S. The molecule has 2 aromatic carbocycles. The molecule has 0 saturated carbocycles. The maximum absolute atomic E-state index is 12.4. The number of sulfonamides is 1. The predicted octanol–water partition coefficient (Wildman–Crippen LogP) is 1.67. The molecule has 10 heteroatoms. The number of para-hydroxylation sites is 1. The highest BCUT2D eigenvalue weighted by Gasteiger charge is 2.19. The largest absolute Gasteiger partial charge is 0.462 e.